The molecule has 31 heavy (non-hydrogen) atoms. The summed E-state index contributed by atoms with van der Waals surface area (Å²) in [4.78, 5) is 29.8. The topological polar surface area (TPSA) is 52.7 Å². The predicted molar refractivity (Wildman–Crippen MR) is 124 cm³/mol. The first-order valence-corrected chi connectivity index (χ1v) is 10.7. The monoisotopic (exact) mass is 413 g/mol. The van der Waals surface area contributed by atoms with Crippen LogP contribution in [0.4, 0.5) is 11.4 Å². The van der Waals surface area contributed by atoms with E-state index < -0.39 is 0 Å². The highest BCUT2D eigenvalue weighted by molar-refractivity contribution is 6.03. The minimum atomic E-state index is -0.0852. The maximum Gasteiger partial charge on any atom is 0.256 e. The highest BCUT2D eigenvalue weighted by Crippen LogP contribution is 2.21. The number of carbonyl (C=O) groups excluding carboxylic acids is 2. The largest absolute Gasteiger partial charge is 0.368 e. The summed E-state index contributed by atoms with van der Waals surface area (Å²) in [5, 5.41) is 2.94. The van der Waals surface area contributed by atoms with Crippen LogP contribution in [0, 0.1) is 0 Å². The van der Waals surface area contributed by atoms with Gasteiger partial charge in [0.25, 0.3) is 5.91 Å². The van der Waals surface area contributed by atoms with Crippen LogP contribution in [-0.4, -0.2) is 42.9 Å². The standard InChI is InChI=1S/C26H27N3O2/c30-25(16-15-21-9-3-1-4-10-21)27-24-14-8-7-13-23(24)26(31)29-19-17-28(18-20-29)22-11-5-2-6-12-22/h1-14H,15-20H2,(H,27,30). The Morgan fingerprint density at radius 2 is 1.35 bits per heavy atom. The van der Waals surface area contributed by atoms with E-state index in [1.54, 1.807) is 12.1 Å². The first kappa shape index (κ1) is 20.7. The summed E-state index contributed by atoms with van der Waals surface area (Å²) in [5.41, 5.74) is 3.43. The fourth-order valence-electron chi connectivity index (χ4n) is 3.87. The van der Waals surface area contributed by atoms with Gasteiger partial charge in [-0.05, 0) is 36.2 Å². The van der Waals surface area contributed by atoms with E-state index >= 15 is 0 Å². The molecule has 2 amide bonds. The zero-order valence-corrected chi connectivity index (χ0v) is 17.5. The average molecular weight is 414 g/mol. The molecule has 1 aliphatic heterocycles. The van der Waals surface area contributed by atoms with E-state index in [4.69, 9.17) is 0 Å². The van der Waals surface area contributed by atoms with Crippen molar-refractivity contribution in [1.29, 1.82) is 0 Å². The van der Waals surface area contributed by atoms with Gasteiger partial charge in [-0.2, -0.15) is 0 Å². The average Bonchev–Trinajstić information content (AvgIpc) is 2.84. The number of hydrogen-bond donors (Lipinski definition) is 1. The molecule has 0 unspecified atom stereocenters. The third kappa shape index (κ3) is 5.31. The molecule has 3 aromatic rings. The van der Waals surface area contributed by atoms with Crippen molar-refractivity contribution in [3.8, 4) is 0 Å². The Balaban J connectivity index is 1.36. The van der Waals surface area contributed by atoms with Crippen molar-refractivity contribution in [1.82, 2.24) is 4.90 Å². The van der Waals surface area contributed by atoms with Crippen molar-refractivity contribution < 1.29 is 9.59 Å². The van der Waals surface area contributed by atoms with Gasteiger partial charge < -0.3 is 15.1 Å². The molecule has 1 N–H and O–H groups in total. The summed E-state index contributed by atoms with van der Waals surface area (Å²) < 4.78 is 0. The second kappa shape index (κ2) is 9.94. The van der Waals surface area contributed by atoms with Crippen molar-refractivity contribution in [2.75, 3.05) is 36.4 Å². The van der Waals surface area contributed by atoms with Crippen molar-refractivity contribution in [3.05, 3.63) is 96.1 Å². The normalized spacial score (nSPS) is 13.7. The number of carbonyl (C=O) groups is 2. The summed E-state index contributed by atoms with van der Waals surface area (Å²) in [5.74, 6) is -0.121. The Labute approximate surface area is 183 Å². The number of anilines is 2. The second-order valence-corrected chi connectivity index (χ2v) is 7.69. The van der Waals surface area contributed by atoms with Crippen LogP contribution in [-0.2, 0) is 11.2 Å². The first-order valence-electron chi connectivity index (χ1n) is 10.7. The van der Waals surface area contributed by atoms with Crippen molar-refractivity contribution in [3.63, 3.8) is 0 Å². The zero-order valence-electron chi connectivity index (χ0n) is 17.5. The maximum atomic E-state index is 13.2. The van der Waals surface area contributed by atoms with Crippen LogP contribution in [0.3, 0.4) is 0 Å². The summed E-state index contributed by atoms with van der Waals surface area (Å²) in [6.45, 7) is 2.90. The molecule has 4 rings (SSSR count). The lowest BCUT2D eigenvalue weighted by Gasteiger charge is -2.36. The Morgan fingerprint density at radius 1 is 0.742 bits per heavy atom. The van der Waals surface area contributed by atoms with E-state index in [-0.39, 0.29) is 11.8 Å². The Hall–Kier alpha value is -3.60. The number of hydrogen-bond acceptors (Lipinski definition) is 3. The van der Waals surface area contributed by atoms with Crippen molar-refractivity contribution in [2.45, 2.75) is 12.8 Å². The lowest BCUT2D eigenvalue weighted by molar-refractivity contribution is -0.116. The van der Waals surface area contributed by atoms with E-state index in [1.807, 2.05) is 65.6 Å². The Kier molecular flexibility index (Phi) is 6.62. The number of piperazine rings is 1. The molecular formula is C26H27N3O2. The van der Waals surface area contributed by atoms with Gasteiger partial charge in [-0.25, -0.2) is 0 Å². The summed E-state index contributed by atoms with van der Waals surface area (Å²) in [7, 11) is 0. The molecule has 0 saturated carbocycles. The Morgan fingerprint density at radius 3 is 2.06 bits per heavy atom. The van der Waals surface area contributed by atoms with Crippen molar-refractivity contribution >= 4 is 23.2 Å². The van der Waals surface area contributed by atoms with Crippen LogP contribution in [0.2, 0.25) is 0 Å². The molecule has 158 valence electrons. The number of amides is 2. The van der Waals surface area contributed by atoms with Gasteiger partial charge in [0.2, 0.25) is 5.91 Å². The predicted octanol–water partition coefficient (Wildman–Crippen LogP) is 4.22. The molecule has 0 aliphatic carbocycles. The molecule has 3 aromatic carbocycles. The molecule has 5 nitrogen and oxygen atoms in total. The number of nitrogens with zero attached hydrogens (tertiary/aromatic N) is 2. The van der Waals surface area contributed by atoms with Gasteiger partial charge in [0.1, 0.15) is 0 Å². The van der Waals surface area contributed by atoms with Gasteiger partial charge in [-0.1, -0.05) is 60.7 Å². The van der Waals surface area contributed by atoms with Gasteiger partial charge in [0.15, 0.2) is 0 Å². The summed E-state index contributed by atoms with van der Waals surface area (Å²) >= 11 is 0. The smallest absolute Gasteiger partial charge is 0.256 e. The van der Waals surface area contributed by atoms with Gasteiger partial charge >= 0.3 is 0 Å². The molecular weight excluding hydrogens is 386 g/mol. The second-order valence-electron chi connectivity index (χ2n) is 7.69. The molecule has 1 aliphatic rings. The van der Waals surface area contributed by atoms with Crippen molar-refractivity contribution in [2.24, 2.45) is 0 Å². The molecule has 1 fully saturated rings. The highest BCUT2D eigenvalue weighted by Gasteiger charge is 2.24. The third-order valence-electron chi connectivity index (χ3n) is 5.60. The third-order valence-corrected chi connectivity index (χ3v) is 5.60. The molecule has 0 atom stereocenters. The number of aryl methyl sites for hydroxylation is 1. The lowest BCUT2D eigenvalue weighted by atomic mass is 10.1. The minimum absolute atomic E-state index is 0.0355. The van der Waals surface area contributed by atoms with Gasteiger partial charge in [0.05, 0.1) is 11.3 Å². The number of nitrogens with one attached hydrogen (secondary N) is 1. The SMILES string of the molecule is O=C(CCc1ccccc1)Nc1ccccc1C(=O)N1CCN(c2ccccc2)CC1. The molecule has 1 saturated heterocycles. The van der Waals surface area contributed by atoms with E-state index in [1.165, 1.54) is 5.69 Å². The van der Waals surface area contributed by atoms with Gasteiger partial charge in [-0.3, -0.25) is 9.59 Å². The number of rotatable bonds is 6. The number of para-hydroxylation sites is 2. The molecule has 0 spiro atoms. The van der Waals surface area contributed by atoms with Crippen LogP contribution in [0.25, 0.3) is 0 Å². The van der Waals surface area contributed by atoms with Crippen LogP contribution in [0.15, 0.2) is 84.9 Å². The molecule has 1 heterocycles. The minimum Gasteiger partial charge on any atom is -0.368 e. The first-order chi connectivity index (χ1) is 15.2. The zero-order chi connectivity index (χ0) is 21.5. The molecule has 0 aromatic heterocycles. The Bertz CT molecular complexity index is 1010. The van der Waals surface area contributed by atoms with Crippen LogP contribution >= 0.6 is 0 Å². The van der Waals surface area contributed by atoms with Gasteiger partial charge in [-0.15, -0.1) is 0 Å². The maximum absolute atomic E-state index is 13.2. The van der Waals surface area contributed by atoms with E-state index in [2.05, 4.69) is 22.3 Å². The summed E-state index contributed by atoms with van der Waals surface area (Å²) in [6.07, 6.45) is 1.05. The summed E-state index contributed by atoms with van der Waals surface area (Å²) in [6, 6.07) is 27.5. The van der Waals surface area contributed by atoms with Gasteiger partial charge in [0, 0.05) is 38.3 Å². The molecule has 5 heteroatoms. The fraction of sp³-hybridized carbons (Fsp3) is 0.231. The molecule has 0 bridgehead atoms. The van der Waals surface area contributed by atoms with Crippen LogP contribution < -0.4 is 10.2 Å². The van der Waals surface area contributed by atoms with E-state index in [9.17, 15) is 9.59 Å². The fourth-order valence-corrected chi connectivity index (χ4v) is 3.87. The number of benzene rings is 3. The lowest BCUT2D eigenvalue weighted by Crippen LogP contribution is -2.48. The highest BCUT2D eigenvalue weighted by atomic mass is 16.2. The van der Waals surface area contributed by atoms with Crippen LogP contribution in [0.5, 0.6) is 0 Å². The van der Waals surface area contributed by atoms with Crippen LogP contribution in [0.1, 0.15) is 22.3 Å². The molecule has 0 radical (unpaired) electrons. The van der Waals surface area contributed by atoms with E-state index in [0.717, 1.165) is 18.7 Å². The quantitative estimate of drug-likeness (QED) is 0.658. The van der Waals surface area contributed by atoms with E-state index in [0.29, 0.717) is 37.2 Å².